The van der Waals surface area contributed by atoms with Crippen LogP contribution in [0.25, 0.3) is 0 Å². The molecule has 1 aliphatic heterocycles. The predicted molar refractivity (Wildman–Crippen MR) is 66.9 cm³/mol. The highest BCUT2D eigenvalue weighted by molar-refractivity contribution is 4.85. The molecule has 1 fully saturated rings. The second kappa shape index (κ2) is 4.42. The van der Waals surface area contributed by atoms with E-state index in [2.05, 4.69) is 39.5 Å². The monoisotopic (exact) mass is 212 g/mol. The Hall–Kier alpha value is -0.0800. The van der Waals surface area contributed by atoms with Crippen molar-refractivity contribution in [1.29, 1.82) is 0 Å². The summed E-state index contributed by atoms with van der Waals surface area (Å²) in [5.74, 6) is 0.860. The maximum absolute atomic E-state index is 6.01. The third-order valence-electron chi connectivity index (χ3n) is 3.57. The molecule has 0 aromatic heterocycles. The van der Waals surface area contributed by atoms with Gasteiger partial charge in [0.2, 0.25) is 0 Å². The van der Waals surface area contributed by atoms with E-state index in [4.69, 9.17) is 5.73 Å². The highest BCUT2D eigenvalue weighted by atomic mass is 15.1. The number of hydrogen-bond acceptors (Lipinski definition) is 2. The summed E-state index contributed by atoms with van der Waals surface area (Å²) >= 11 is 0. The van der Waals surface area contributed by atoms with Gasteiger partial charge < -0.3 is 10.6 Å². The normalized spacial score (nSPS) is 24.8. The number of rotatable bonds is 3. The summed E-state index contributed by atoms with van der Waals surface area (Å²) in [6.07, 6.45) is 2.46. The van der Waals surface area contributed by atoms with Crippen LogP contribution in [0.2, 0.25) is 0 Å². The Kier molecular flexibility index (Phi) is 3.83. The lowest BCUT2D eigenvalue weighted by atomic mass is 9.80. The van der Waals surface area contributed by atoms with Crippen LogP contribution in [0.3, 0.4) is 0 Å². The molecule has 0 aromatic carbocycles. The Labute approximate surface area is 95.2 Å². The number of likely N-dealkylation sites (tertiary alicyclic amines) is 1. The molecule has 90 valence electrons. The Morgan fingerprint density at radius 3 is 2.20 bits per heavy atom. The SMILES string of the molecule is CC(C)(N)CCN1CCC(C(C)(C)C)C1. The van der Waals surface area contributed by atoms with Crippen LogP contribution < -0.4 is 5.73 Å². The molecule has 1 rings (SSSR count). The molecule has 2 nitrogen and oxygen atoms in total. The fraction of sp³-hybridized carbons (Fsp3) is 1.00. The van der Waals surface area contributed by atoms with Crippen LogP contribution >= 0.6 is 0 Å². The molecule has 2 heteroatoms. The van der Waals surface area contributed by atoms with Crippen molar-refractivity contribution in [3.8, 4) is 0 Å². The fourth-order valence-corrected chi connectivity index (χ4v) is 2.19. The Morgan fingerprint density at radius 2 is 1.80 bits per heavy atom. The summed E-state index contributed by atoms with van der Waals surface area (Å²) in [7, 11) is 0. The van der Waals surface area contributed by atoms with E-state index in [9.17, 15) is 0 Å². The molecular formula is C13H28N2. The van der Waals surface area contributed by atoms with E-state index in [1.807, 2.05) is 0 Å². The minimum absolute atomic E-state index is 0.0141. The minimum Gasteiger partial charge on any atom is -0.326 e. The maximum Gasteiger partial charge on any atom is 0.0109 e. The van der Waals surface area contributed by atoms with Gasteiger partial charge in [0, 0.05) is 12.1 Å². The van der Waals surface area contributed by atoms with Crippen LogP contribution in [0.15, 0.2) is 0 Å². The van der Waals surface area contributed by atoms with Crippen LogP contribution in [-0.4, -0.2) is 30.1 Å². The van der Waals surface area contributed by atoms with Crippen LogP contribution in [0.4, 0.5) is 0 Å². The molecule has 0 amide bonds. The molecule has 0 spiro atoms. The van der Waals surface area contributed by atoms with Gasteiger partial charge in [-0.15, -0.1) is 0 Å². The van der Waals surface area contributed by atoms with Gasteiger partial charge >= 0.3 is 0 Å². The topological polar surface area (TPSA) is 29.3 Å². The number of nitrogens with zero attached hydrogens (tertiary/aromatic N) is 1. The Bertz CT molecular complexity index is 198. The van der Waals surface area contributed by atoms with Crippen molar-refractivity contribution >= 4 is 0 Å². The standard InChI is InChI=1S/C13H28N2/c1-12(2,3)11-6-8-15(10-11)9-7-13(4,5)14/h11H,6-10,14H2,1-5H3. The lowest BCUT2D eigenvalue weighted by molar-refractivity contribution is 0.222. The van der Waals surface area contributed by atoms with E-state index >= 15 is 0 Å². The molecular weight excluding hydrogens is 184 g/mol. The molecule has 0 bridgehead atoms. The molecule has 1 aliphatic rings. The molecule has 1 heterocycles. The van der Waals surface area contributed by atoms with Gasteiger partial charge in [0.15, 0.2) is 0 Å². The third-order valence-corrected chi connectivity index (χ3v) is 3.57. The lowest BCUT2D eigenvalue weighted by Crippen LogP contribution is -2.37. The zero-order valence-corrected chi connectivity index (χ0v) is 11.1. The summed E-state index contributed by atoms with van der Waals surface area (Å²) in [4.78, 5) is 2.57. The van der Waals surface area contributed by atoms with E-state index in [-0.39, 0.29) is 5.54 Å². The van der Waals surface area contributed by atoms with Gasteiger partial charge in [-0.25, -0.2) is 0 Å². The zero-order valence-electron chi connectivity index (χ0n) is 11.1. The first-order valence-electron chi connectivity index (χ1n) is 6.20. The van der Waals surface area contributed by atoms with Crippen molar-refractivity contribution in [1.82, 2.24) is 4.90 Å². The average Bonchev–Trinajstić information content (AvgIpc) is 2.45. The number of nitrogens with two attached hydrogens (primary N) is 1. The van der Waals surface area contributed by atoms with Crippen LogP contribution in [0.5, 0.6) is 0 Å². The quantitative estimate of drug-likeness (QED) is 0.779. The number of hydrogen-bond donors (Lipinski definition) is 1. The Morgan fingerprint density at radius 1 is 1.20 bits per heavy atom. The average molecular weight is 212 g/mol. The second-order valence-corrected chi connectivity index (χ2v) is 6.89. The van der Waals surface area contributed by atoms with Crippen molar-refractivity contribution in [3.63, 3.8) is 0 Å². The molecule has 1 atom stereocenters. The van der Waals surface area contributed by atoms with Gasteiger partial charge in [0.25, 0.3) is 0 Å². The van der Waals surface area contributed by atoms with E-state index < -0.39 is 0 Å². The van der Waals surface area contributed by atoms with Crippen molar-refractivity contribution in [2.24, 2.45) is 17.1 Å². The highest BCUT2D eigenvalue weighted by Crippen LogP contribution is 2.33. The smallest absolute Gasteiger partial charge is 0.0109 e. The van der Waals surface area contributed by atoms with Crippen LogP contribution in [0, 0.1) is 11.3 Å². The molecule has 2 N–H and O–H groups in total. The van der Waals surface area contributed by atoms with Crippen LogP contribution in [-0.2, 0) is 0 Å². The van der Waals surface area contributed by atoms with E-state index in [0.29, 0.717) is 5.41 Å². The highest BCUT2D eigenvalue weighted by Gasteiger charge is 2.31. The van der Waals surface area contributed by atoms with E-state index in [0.717, 1.165) is 18.9 Å². The summed E-state index contributed by atoms with van der Waals surface area (Å²) in [6.45, 7) is 15.0. The van der Waals surface area contributed by atoms with Gasteiger partial charge in [-0.3, -0.25) is 0 Å². The van der Waals surface area contributed by atoms with Gasteiger partial charge in [0.1, 0.15) is 0 Å². The first kappa shape index (κ1) is 13.0. The first-order chi connectivity index (χ1) is 6.68. The van der Waals surface area contributed by atoms with E-state index in [1.54, 1.807) is 0 Å². The molecule has 1 unspecified atom stereocenters. The molecule has 0 aliphatic carbocycles. The molecule has 1 saturated heterocycles. The summed E-state index contributed by atoms with van der Waals surface area (Å²) in [5, 5.41) is 0. The Balaban J connectivity index is 2.31. The minimum atomic E-state index is -0.0141. The zero-order chi connectivity index (χ0) is 11.7. The van der Waals surface area contributed by atoms with Crippen molar-refractivity contribution in [2.75, 3.05) is 19.6 Å². The summed E-state index contributed by atoms with van der Waals surface area (Å²) < 4.78 is 0. The van der Waals surface area contributed by atoms with Gasteiger partial charge in [-0.1, -0.05) is 20.8 Å². The lowest BCUT2D eigenvalue weighted by Gasteiger charge is -2.28. The van der Waals surface area contributed by atoms with Crippen LogP contribution in [0.1, 0.15) is 47.5 Å². The molecule has 0 saturated carbocycles. The second-order valence-electron chi connectivity index (χ2n) is 6.89. The molecule has 15 heavy (non-hydrogen) atoms. The molecule has 0 radical (unpaired) electrons. The maximum atomic E-state index is 6.01. The van der Waals surface area contributed by atoms with Gasteiger partial charge in [-0.2, -0.15) is 0 Å². The summed E-state index contributed by atoms with van der Waals surface area (Å²) in [6, 6.07) is 0. The predicted octanol–water partition coefficient (Wildman–Crippen LogP) is 2.48. The van der Waals surface area contributed by atoms with Crippen molar-refractivity contribution < 1.29 is 0 Å². The third kappa shape index (κ3) is 4.52. The van der Waals surface area contributed by atoms with Crippen molar-refractivity contribution in [3.05, 3.63) is 0 Å². The largest absolute Gasteiger partial charge is 0.326 e. The summed E-state index contributed by atoms with van der Waals surface area (Å²) in [5.41, 5.74) is 6.46. The van der Waals surface area contributed by atoms with E-state index in [1.165, 1.54) is 19.5 Å². The van der Waals surface area contributed by atoms with Gasteiger partial charge in [-0.05, 0) is 51.1 Å². The van der Waals surface area contributed by atoms with Gasteiger partial charge in [0.05, 0.1) is 0 Å². The first-order valence-corrected chi connectivity index (χ1v) is 6.20. The molecule has 0 aromatic rings. The van der Waals surface area contributed by atoms with Crippen molar-refractivity contribution in [2.45, 2.75) is 53.0 Å². The fourth-order valence-electron chi connectivity index (χ4n) is 2.19.